The maximum Gasteiger partial charge on any atom is 0.323 e. The first-order valence-corrected chi connectivity index (χ1v) is 8.59. The van der Waals surface area contributed by atoms with E-state index in [0.717, 1.165) is 26.1 Å². The first-order chi connectivity index (χ1) is 9.85. The molecule has 0 aliphatic rings. The molecule has 0 spiro atoms. The number of carboxylic acid groups (broad SMARTS) is 1. The van der Waals surface area contributed by atoms with Gasteiger partial charge in [0.1, 0.15) is 5.54 Å². The minimum absolute atomic E-state index is 0.183. The summed E-state index contributed by atoms with van der Waals surface area (Å²) in [6, 6.07) is 0.183. The summed E-state index contributed by atoms with van der Waals surface area (Å²) < 4.78 is 0. The van der Waals surface area contributed by atoms with E-state index < -0.39 is 11.5 Å². The lowest BCUT2D eigenvalue weighted by atomic mass is 9.94. The van der Waals surface area contributed by atoms with Crippen LogP contribution < -0.4 is 5.32 Å². The van der Waals surface area contributed by atoms with Crippen molar-refractivity contribution in [1.29, 1.82) is 0 Å². The molecule has 0 radical (unpaired) electrons. The quantitative estimate of drug-likeness (QED) is 0.546. The lowest BCUT2D eigenvalue weighted by molar-refractivity contribution is -0.144. The Labute approximate surface area is 131 Å². The Kier molecular flexibility index (Phi) is 10.7. The molecule has 0 bridgehead atoms. The zero-order chi connectivity index (χ0) is 16.3. The molecule has 0 amide bonds. The lowest BCUT2D eigenvalue weighted by Crippen LogP contribution is -2.52. The zero-order valence-electron chi connectivity index (χ0n) is 14.7. The molecule has 0 saturated carbocycles. The third-order valence-corrected chi connectivity index (χ3v) is 3.89. The molecule has 126 valence electrons. The van der Waals surface area contributed by atoms with Gasteiger partial charge in [0, 0.05) is 6.04 Å². The number of aliphatic carboxylic acids is 1. The first kappa shape index (κ1) is 20.4. The van der Waals surface area contributed by atoms with Crippen LogP contribution in [0.2, 0.25) is 0 Å². The Bertz CT molecular complexity index is 274. The summed E-state index contributed by atoms with van der Waals surface area (Å²) in [6.45, 7) is 13.5. The first-order valence-electron chi connectivity index (χ1n) is 8.59. The van der Waals surface area contributed by atoms with Gasteiger partial charge in [0.25, 0.3) is 0 Å². The Balaban J connectivity index is 4.32. The zero-order valence-corrected chi connectivity index (χ0v) is 14.7. The minimum atomic E-state index is -0.810. The topological polar surface area (TPSA) is 52.6 Å². The van der Waals surface area contributed by atoms with E-state index in [-0.39, 0.29) is 6.04 Å². The molecule has 0 aromatic rings. The molecule has 0 aromatic carbocycles. The van der Waals surface area contributed by atoms with E-state index in [0.29, 0.717) is 6.42 Å². The Hall–Kier alpha value is -0.610. The predicted octanol–water partition coefficient (Wildman–Crippen LogP) is 3.51. The van der Waals surface area contributed by atoms with E-state index >= 15 is 0 Å². The molecule has 0 rings (SSSR count). The van der Waals surface area contributed by atoms with Gasteiger partial charge in [-0.2, -0.15) is 0 Å². The number of nitrogens with zero attached hydrogens (tertiary/aromatic N) is 1. The van der Waals surface area contributed by atoms with Crippen molar-refractivity contribution < 1.29 is 9.90 Å². The molecule has 0 aliphatic heterocycles. The van der Waals surface area contributed by atoms with Crippen LogP contribution >= 0.6 is 0 Å². The number of carboxylic acids is 1. The van der Waals surface area contributed by atoms with Gasteiger partial charge in [-0.3, -0.25) is 10.1 Å². The summed E-state index contributed by atoms with van der Waals surface area (Å²) in [6.07, 6.45) is 6.48. The molecule has 1 unspecified atom stereocenters. The molecule has 4 nitrogen and oxygen atoms in total. The molecule has 0 aromatic heterocycles. The van der Waals surface area contributed by atoms with Crippen molar-refractivity contribution in [2.75, 3.05) is 19.6 Å². The average molecular weight is 300 g/mol. The third kappa shape index (κ3) is 9.10. The van der Waals surface area contributed by atoms with Gasteiger partial charge < -0.3 is 10.0 Å². The SMILES string of the molecule is CCCCN(CCCC)CCCC(C)(NC(C)C)C(=O)O. The van der Waals surface area contributed by atoms with E-state index in [1.165, 1.54) is 25.7 Å². The van der Waals surface area contributed by atoms with Crippen LogP contribution in [0.1, 0.15) is 73.1 Å². The summed E-state index contributed by atoms with van der Waals surface area (Å²) in [5.74, 6) is -0.745. The highest BCUT2D eigenvalue weighted by molar-refractivity contribution is 5.78. The molecular formula is C17H36N2O2. The third-order valence-electron chi connectivity index (χ3n) is 3.89. The maximum atomic E-state index is 11.5. The minimum Gasteiger partial charge on any atom is -0.480 e. The normalized spacial score (nSPS) is 14.6. The predicted molar refractivity (Wildman–Crippen MR) is 89.8 cm³/mol. The number of nitrogens with one attached hydrogen (secondary N) is 1. The van der Waals surface area contributed by atoms with Gasteiger partial charge in [0.05, 0.1) is 0 Å². The van der Waals surface area contributed by atoms with Gasteiger partial charge in [-0.1, -0.05) is 26.7 Å². The summed E-state index contributed by atoms with van der Waals surface area (Å²) in [5.41, 5.74) is -0.810. The van der Waals surface area contributed by atoms with Crippen molar-refractivity contribution in [1.82, 2.24) is 10.2 Å². The second-order valence-corrected chi connectivity index (χ2v) is 6.59. The Morgan fingerprint density at radius 2 is 1.57 bits per heavy atom. The molecule has 0 heterocycles. The molecule has 1 atom stereocenters. The number of unbranched alkanes of at least 4 members (excludes halogenated alkanes) is 2. The standard InChI is InChI=1S/C17H36N2O2/c1-6-8-12-19(13-9-7-2)14-10-11-17(5,16(20)21)18-15(3)4/h15,18H,6-14H2,1-5H3,(H,20,21). The molecule has 0 fully saturated rings. The van der Waals surface area contributed by atoms with Crippen molar-refractivity contribution in [3.8, 4) is 0 Å². The molecule has 2 N–H and O–H groups in total. The van der Waals surface area contributed by atoms with Crippen LogP contribution in [0.3, 0.4) is 0 Å². The van der Waals surface area contributed by atoms with Crippen molar-refractivity contribution in [3.63, 3.8) is 0 Å². The van der Waals surface area contributed by atoms with Gasteiger partial charge >= 0.3 is 5.97 Å². The van der Waals surface area contributed by atoms with Crippen LogP contribution in [-0.2, 0) is 4.79 Å². The van der Waals surface area contributed by atoms with Gasteiger partial charge in [-0.05, 0) is 66.1 Å². The monoisotopic (exact) mass is 300 g/mol. The van der Waals surface area contributed by atoms with Crippen molar-refractivity contribution in [2.45, 2.75) is 84.7 Å². The molecule has 0 aliphatic carbocycles. The summed E-state index contributed by atoms with van der Waals surface area (Å²) in [7, 11) is 0. The highest BCUT2D eigenvalue weighted by Crippen LogP contribution is 2.15. The largest absolute Gasteiger partial charge is 0.480 e. The van der Waals surface area contributed by atoms with Crippen LogP contribution in [-0.4, -0.2) is 47.2 Å². The van der Waals surface area contributed by atoms with Crippen LogP contribution in [0.5, 0.6) is 0 Å². The van der Waals surface area contributed by atoms with E-state index in [9.17, 15) is 9.90 Å². The fraction of sp³-hybridized carbons (Fsp3) is 0.941. The lowest BCUT2D eigenvalue weighted by Gasteiger charge is -2.30. The average Bonchev–Trinajstić information content (AvgIpc) is 2.40. The van der Waals surface area contributed by atoms with Crippen LogP contribution in [0.4, 0.5) is 0 Å². The van der Waals surface area contributed by atoms with E-state index in [2.05, 4.69) is 24.1 Å². The van der Waals surface area contributed by atoms with E-state index in [1.54, 1.807) is 6.92 Å². The highest BCUT2D eigenvalue weighted by Gasteiger charge is 2.32. The van der Waals surface area contributed by atoms with Crippen LogP contribution in [0.15, 0.2) is 0 Å². The number of rotatable bonds is 13. The van der Waals surface area contributed by atoms with Crippen LogP contribution in [0.25, 0.3) is 0 Å². The van der Waals surface area contributed by atoms with Gasteiger partial charge in [0.15, 0.2) is 0 Å². The highest BCUT2D eigenvalue weighted by atomic mass is 16.4. The summed E-state index contributed by atoms with van der Waals surface area (Å²) >= 11 is 0. The van der Waals surface area contributed by atoms with Gasteiger partial charge in [-0.25, -0.2) is 0 Å². The van der Waals surface area contributed by atoms with Crippen molar-refractivity contribution in [2.24, 2.45) is 0 Å². The molecule has 0 saturated heterocycles. The van der Waals surface area contributed by atoms with Gasteiger partial charge in [-0.15, -0.1) is 0 Å². The Morgan fingerprint density at radius 3 is 1.95 bits per heavy atom. The second kappa shape index (κ2) is 11.0. The molecule has 4 heteroatoms. The fourth-order valence-corrected chi connectivity index (χ4v) is 2.63. The molecular weight excluding hydrogens is 264 g/mol. The van der Waals surface area contributed by atoms with Gasteiger partial charge in [0.2, 0.25) is 0 Å². The smallest absolute Gasteiger partial charge is 0.323 e. The summed E-state index contributed by atoms with van der Waals surface area (Å²) in [5, 5.41) is 12.7. The Morgan fingerprint density at radius 1 is 1.10 bits per heavy atom. The van der Waals surface area contributed by atoms with E-state index in [1.807, 2.05) is 13.8 Å². The second-order valence-electron chi connectivity index (χ2n) is 6.59. The van der Waals surface area contributed by atoms with Crippen LogP contribution in [0, 0.1) is 0 Å². The summed E-state index contributed by atoms with van der Waals surface area (Å²) in [4.78, 5) is 14.0. The fourth-order valence-electron chi connectivity index (χ4n) is 2.63. The number of carbonyl (C=O) groups is 1. The van der Waals surface area contributed by atoms with E-state index in [4.69, 9.17) is 0 Å². The molecule has 21 heavy (non-hydrogen) atoms. The van der Waals surface area contributed by atoms with Crippen molar-refractivity contribution >= 4 is 5.97 Å². The number of hydrogen-bond acceptors (Lipinski definition) is 3. The maximum absolute atomic E-state index is 11.5. The van der Waals surface area contributed by atoms with Crippen molar-refractivity contribution in [3.05, 3.63) is 0 Å². The number of hydrogen-bond donors (Lipinski definition) is 2.